The lowest BCUT2D eigenvalue weighted by Gasteiger charge is -2.13. The minimum Gasteiger partial charge on any atom is -0.463 e. The molecule has 0 fully saturated rings. The summed E-state index contributed by atoms with van der Waals surface area (Å²) >= 11 is 4.93. The molecule has 1 unspecified atom stereocenters. The molecule has 14 heavy (non-hydrogen) atoms. The summed E-state index contributed by atoms with van der Waals surface area (Å²) in [7, 11) is 0. The van der Waals surface area contributed by atoms with Gasteiger partial charge in [0.1, 0.15) is 5.76 Å². The molecule has 1 aromatic rings. The summed E-state index contributed by atoms with van der Waals surface area (Å²) in [6, 6.07) is 3.40. The summed E-state index contributed by atoms with van der Waals surface area (Å²) in [4.78, 5) is 3.98. The zero-order valence-electron chi connectivity index (χ0n) is 7.21. The van der Waals surface area contributed by atoms with Crippen LogP contribution in [-0.4, -0.2) is 17.6 Å². The highest BCUT2D eigenvalue weighted by atomic mass is 35.5. The number of hydrogen-bond donors (Lipinski definition) is 0. The molecule has 2 nitrogen and oxygen atoms in total. The van der Waals surface area contributed by atoms with Crippen LogP contribution in [0.2, 0.25) is 0 Å². The van der Waals surface area contributed by atoms with Crippen molar-refractivity contribution in [1.82, 2.24) is 0 Å². The number of aliphatic imine (C=N–C) groups is 1. The SMILES string of the molecule is FC(F)(Cl)C1CN=C(c2ccco2)C1. The Bertz CT molecular complexity index is 342. The molecule has 1 aromatic heterocycles. The Hall–Kier alpha value is -0.900. The molecule has 0 spiro atoms. The van der Waals surface area contributed by atoms with Crippen LogP contribution >= 0.6 is 11.6 Å². The van der Waals surface area contributed by atoms with Gasteiger partial charge in [0.2, 0.25) is 0 Å². The fourth-order valence-electron chi connectivity index (χ4n) is 1.42. The maximum absolute atomic E-state index is 12.7. The molecular weight excluding hydrogens is 212 g/mol. The van der Waals surface area contributed by atoms with E-state index in [0.717, 1.165) is 0 Å². The van der Waals surface area contributed by atoms with E-state index >= 15 is 0 Å². The smallest absolute Gasteiger partial charge is 0.326 e. The van der Waals surface area contributed by atoms with Crippen molar-refractivity contribution in [1.29, 1.82) is 0 Å². The van der Waals surface area contributed by atoms with Crippen LogP contribution in [0.3, 0.4) is 0 Å². The van der Waals surface area contributed by atoms with Gasteiger partial charge in [0.25, 0.3) is 0 Å². The van der Waals surface area contributed by atoms with Crippen molar-refractivity contribution in [3.05, 3.63) is 24.2 Å². The molecule has 1 atom stereocenters. The van der Waals surface area contributed by atoms with Gasteiger partial charge >= 0.3 is 5.38 Å². The number of alkyl halides is 3. The van der Waals surface area contributed by atoms with Gasteiger partial charge in [-0.1, -0.05) is 0 Å². The molecule has 1 aliphatic heterocycles. The zero-order valence-corrected chi connectivity index (χ0v) is 7.97. The summed E-state index contributed by atoms with van der Waals surface area (Å²) in [6.45, 7) is 0.0620. The highest BCUT2D eigenvalue weighted by Gasteiger charge is 2.40. The molecule has 0 aliphatic carbocycles. The standard InChI is InChI=1S/C9H8ClF2NO/c10-9(11,12)6-4-7(13-5-6)8-2-1-3-14-8/h1-3,6H,4-5H2. The Morgan fingerprint density at radius 2 is 2.36 bits per heavy atom. The third kappa shape index (κ3) is 1.80. The first kappa shape index (κ1) is 9.65. The van der Waals surface area contributed by atoms with E-state index in [1.54, 1.807) is 12.1 Å². The first-order chi connectivity index (χ1) is 6.57. The Labute approximate surface area is 84.6 Å². The van der Waals surface area contributed by atoms with E-state index < -0.39 is 11.3 Å². The van der Waals surface area contributed by atoms with Crippen LogP contribution in [0.5, 0.6) is 0 Å². The van der Waals surface area contributed by atoms with E-state index in [1.807, 2.05) is 0 Å². The molecule has 0 amide bonds. The Morgan fingerprint density at radius 1 is 1.57 bits per heavy atom. The van der Waals surface area contributed by atoms with Crippen LogP contribution in [0, 0.1) is 5.92 Å². The summed E-state index contributed by atoms with van der Waals surface area (Å²) in [5, 5.41) is -3.18. The average molecular weight is 220 g/mol. The van der Waals surface area contributed by atoms with Crippen molar-refractivity contribution in [2.75, 3.05) is 6.54 Å². The van der Waals surface area contributed by atoms with Gasteiger partial charge in [0.05, 0.1) is 17.9 Å². The van der Waals surface area contributed by atoms with E-state index in [2.05, 4.69) is 4.99 Å². The van der Waals surface area contributed by atoms with Crippen molar-refractivity contribution in [2.24, 2.45) is 10.9 Å². The lowest BCUT2D eigenvalue weighted by Crippen LogP contribution is -2.22. The van der Waals surface area contributed by atoms with E-state index in [1.165, 1.54) is 6.26 Å². The first-order valence-corrected chi connectivity index (χ1v) is 4.59. The lowest BCUT2D eigenvalue weighted by molar-refractivity contribution is 0.0394. The number of halogens is 3. The van der Waals surface area contributed by atoms with Gasteiger partial charge in [-0.25, -0.2) is 0 Å². The van der Waals surface area contributed by atoms with Gasteiger partial charge in [-0.3, -0.25) is 4.99 Å². The Kier molecular flexibility index (Phi) is 2.31. The van der Waals surface area contributed by atoms with E-state index in [0.29, 0.717) is 11.5 Å². The highest BCUT2D eigenvalue weighted by molar-refractivity contribution is 6.22. The number of rotatable bonds is 2. The quantitative estimate of drug-likeness (QED) is 0.703. The van der Waals surface area contributed by atoms with E-state index in [9.17, 15) is 8.78 Å². The maximum Gasteiger partial charge on any atom is 0.326 e. The van der Waals surface area contributed by atoms with Gasteiger partial charge in [-0.05, 0) is 23.7 Å². The molecule has 0 N–H and O–H groups in total. The van der Waals surface area contributed by atoms with Crippen LogP contribution < -0.4 is 0 Å². The molecule has 0 radical (unpaired) electrons. The molecular formula is C9H8ClF2NO. The first-order valence-electron chi connectivity index (χ1n) is 4.21. The minimum absolute atomic E-state index is 0.0620. The fourth-order valence-corrected chi connectivity index (χ4v) is 1.57. The lowest BCUT2D eigenvalue weighted by atomic mass is 10.1. The van der Waals surface area contributed by atoms with Crippen molar-refractivity contribution in [2.45, 2.75) is 11.8 Å². The molecule has 76 valence electrons. The van der Waals surface area contributed by atoms with Gasteiger partial charge < -0.3 is 4.42 Å². The highest BCUT2D eigenvalue weighted by Crippen LogP contribution is 2.35. The van der Waals surface area contributed by atoms with Gasteiger partial charge in [0.15, 0.2) is 0 Å². The van der Waals surface area contributed by atoms with Gasteiger partial charge in [0, 0.05) is 13.0 Å². The van der Waals surface area contributed by atoms with Crippen molar-refractivity contribution in [3.63, 3.8) is 0 Å². The van der Waals surface area contributed by atoms with Crippen LogP contribution in [0.15, 0.2) is 27.8 Å². The molecule has 0 bridgehead atoms. The van der Waals surface area contributed by atoms with Crippen molar-refractivity contribution < 1.29 is 13.2 Å². The molecule has 0 saturated heterocycles. The van der Waals surface area contributed by atoms with Crippen molar-refractivity contribution in [3.8, 4) is 0 Å². The second-order valence-electron chi connectivity index (χ2n) is 3.21. The summed E-state index contributed by atoms with van der Waals surface area (Å²) < 4.78 is 30.5. The van der Waals surface area contributed by atoms with Crippen LogP contribution in [-0.2, 0) is 0 Å². The average Bonchev–Trinajstić information content (AvgIpc) is 2.73. The molecule has 2 rings (SSSR count). The van der Waals surface area contributed by atoms with E-state index in [4.69, 9.17) is 16.0 Å². The third-order valence-corrected chi connectivity index (χ3v) is 2.52. The normalized spacial score (nSPS) is 22.5. The molecule has 0 aromatic carbocycles. The van der Waals surface area contributed by atoms with Crippen LogP contribution in [0.1, 0.15) is 12.2 Å². The van der Waals surface area contributed by atoms with Gasteiger partial charge in [-0.2, -0.15) is 8.78 Å². The third-order valence-electron chi connectivity index (χ3n) is 2.21. The maximum atomic E-state index is 12.7. The molecule has 0 saturated carbocycles. The monoisotopic (exact) mass is 219 g/mol. The van der Waals surface area contributed by atoms with E-state index in [-0.39, 0.29) is 13.0 Å². The predicted molar refractivity (Wildman–Crippen MR) is 49.0 cm³/mol. The largest absolute Gasteiger partial charge is 0.463 e. The summed E-state index contributed by atoms with van der Waals surface area (Å²) in [6.07, 6.45) is 1.66. The van der Waals surface area contributed by atoms with Gasteiger partial charge in [-0.15, -0.1) is 0 Å². The van der Waals surface area contributed by atoms with Crippen molar-refractivity contribution >= 4 is 17.3 Å². The second-order valence-corrected chi connectivity index (χ2v) is 3.71. The number of nitrogens with zero attached hydrogens (tertiary/aromatic N) is 1. The predicted octanol–water partition coefficient (Wildman–Crippen LogP) is 2.92. The second kappa shape index (κ2) is 3.35. The summed E-state index contributed by atoms with van der Waals surface area (Å²) in [5.74, 6) is -0.363. The Morgan fingerprint density at radius 3 is 2.86 bits per heavy atom. The Balaban J connectivity index is 2.08. The number of furan rings is 1. The minimum atomic E-state index is -3.18. The zero-order chi connectivity index (χ0) is 10.2. The molecule has 1 aliphatic rings. The number of hydrogen-bond acceptors (Lipinski definition) is 2. The molecule has 5 heteroatoms. The summed E-state index contributed by atoms with van der Waals surface area (Å²) in [5.41, 5.74) is 0.570. The van der Waals surface area contributed by atoms with Crippen LogP contribution in [0.25, 0.3) is 0 Å². The topological polar surface area (TPSA) is 25.5 Å². The van der Waals surface area contributed by atoms with Crippen LogP contribution in [0.4, 0.5) is 8.78 Å². The molecule has 2 heterocycles. The fraction of sp³-hybridized carbons (Fsp3) is 0.444.